The van der Waals surface area contributed by atoms with Gasteiger partial charge in [0.2, 0.25) is 5.79 Å². The van der Waals surface area contributed by atoms with Gasteiger partial charge in [0.1, 0.15) is 11.3 Å². The molecule has 2 bridgehead atoms. The number of rotatable bonds is 7. The fraction of sp³-hybridized carbons (Fsp3) is 0.645. The highest BCUT2D eigenvalue weighted by atomic mass is 17.3. The largest absolute Gasteiger partial charge is 0.470 e. The summed E-state index contributed by atoms with van der Waals surface area (Å²) in [4.78, 5) is 24.3. The van der Waals surface area contributed by atoms with Crippen LogP contribution in [0.2, 0.25) is 0 Å². The summed E-state index contributed by atoms with van der Waals surface area (Å²) >= 11 is 0. The zero-order chi connectivity index (χ0) is 29.2. The van der Waals surface area contributed by atoms with Gasteiger partial charge in [0.05, 0.1) is 30.0 Å². The molecule has 5 fully saturated rings. The molecule has 8 atom stereocenters. The van der Waals surface area contributed by atoms with Gasteiger partial charge in [-0.3, -0.25) is 0 Å². The Morgan fingerprint density at radius 3 is 2.83 bits per heavy atom. The SMILES string of the molecule is Cc1ccc2c(OCn3cc(CCO[C@H]4O[C@@H]5O[C@@]6(C)CC[C@H]7[C@H](C)CC[C@@H]([C@H]4C)[C@@]57OO6)nn3)cc(=O)oc2c1C. The number of hydrogen-bond acceptors (Lipinski definition) is 10. The zero-order valence-corrected chi connectivity index (χ0v) is 24.8. The van der Waals surface area contributed by atoms with Crippen LogP contribution in [0, 0.1) is 37.5 Å². The third-order valence-corrected chi connectivity index (χ3v) is 10.1. The lowest BCUT2D eigenvalue weighted by atomic mass is 9.58. The lowest BCUT2D eigenvalue weighted by molar-refractivity contribution is -0.577. The van der Waals surface area contributed by atoms with Crippen molar-refractivity contribution < 1.29 is 33.1 Å². The normalized spacial score (nSPS) is 35.6. The molecular weight excluding hydrogens is 542 g/mol. The lowest BCUT2D eigenvalue weighted by Crippen LogP contribution is -2.70. The standard InChI is InChI=1S/C31H39N3O8/c1-17-6-8-22-25(14-26(35)38-27(22)19(17)3)37-16-34-15-21(32-33-34)11-13-36-28-20(4)24-9-7-18(2)23-10-12-30(5)40-29(39-28)31(23,24)42-41-30/h6,8,14-15,18,20,23-24,28-29H,7,9-13,16H2,1-5H3/t18-,20-,23+,24+,28+,29-,30-,31-/m1/s1. The van der Waals surface area contributed by atoms with Gasteiger partial charge in [-0.1, -0.05) is 25.1 Å². The molecule has 4 aliphatic heterocycles. The van der Waals surface area contributed by atoms with Crippen molar-refractivity contribution >= 4 is 11.0 Å². The molecule has 2 aromatic heterocycles. The topological polar surface area (TPSA) is 116 Å². The number of nitrogens with zero attached hydrogens (tertiary/aromatic N) is 3. The molecule has 8 rings (SSSR count). The highest BCUT2D eigenvalue weighted by Gasteiger charge is 2.69. The van der Waals surface area contributed by atoms with Gasteiger partial charge in [0.15, 0.2) is 24.9 Å². The molecule has 5 aliphatic rings. The summed E-state index contributed by atoms with van der Waals surface area (Å²) in [6, 6.07) is 5.24. The van der Waals surface area contributed by atoms with Crippen LogP contribution >= 0.6 is 0 Å². The fourth-order valence-corrected chi connectivity index (χ4v) is 7.54. The van der Waals surface area contributed by atoms with Crippen molar-refractivity contribution in [3.05, 3.63) is 51.6 Å². The van der Waals surface area contributed by atoms with Gasteiger partial charge < -0.3 is 23.4 Å². The third kappa shape index (κ3) is 4.57. The van der Waals surface area contributed by atoms with Crippen molar-refractivity contribution in [1.29, 1.82) is 0 Å². The first-order chi connectivity index (χ1) is 20.2. The van der Waals surface area contributed by atoms with Crippen LogP contribution in [0.5, 0.6) is 5.75 Å². The Morgan fingerprint density at radius 1 is 1.12 bits per heavy atom. The average molecular weight is 582 g/mol. The Kier molecular flexibility index (Phi) is 6.93. The predicted molar refractivity (Wildman–Crippen MR) is 149 cm³/mol. The van der Waals surface area contributed by atoms with Gasteiger partial charge in [-0.05, 0) is 69.1 Å². The van der Waals surface area contributed by atoms with E-state index in [1.165, 1.54) is 6.07 Å². The molecule has 42 heavy (non-hydrogen) atoms. The second-order valence-corrected chi connectivity index (χ2v) is 12.7. The molecule has 1 aromatic carbocycles. The number of aryl methyl sites for hydroxylation is 2. The number of benzene rings is 1. The van der Waals surface area contributed by atoms with Gasteiger partial charge >= 0.3 is 5.63 Å². The molecule has 1 saturated carbocycles. The van der Waals surface area contributed by atoms with E-state index in [9.17, 15) is 4.79 Å². The quantitative estimate of drug-likeness (QED) is 0.284. The molecule has 1 aliphatic carbocycles. The Hall–Kier alpha value is -2.83. The van der Waals surface area contributed by atoms with Crippen molar-refractivity contribution in [2.45, 2.75) is 97.4 Å². The molecule has 226 valence electrons. The maximum atomic E-state index is 12.1. The lowest BCUT2D eigenvalue weighted by Gasteiger charge is -2.60. The van der Waals surface area contributed by atoms with Crippen LogP contribution in [0.25, 0.3) is 11.0 Å². The number of ether oxygens (including phenoxy) is 4. The number of fused-ring (bicyclic) bond motifs is 3. The Labute approximate surface area is 244 Å². The summed E-state index contributed by atoms with van der Waals surface area (Å²) < 4.78 is 32.2. The van der Waals surface area contributed by atoms with E-state index in [-0.39, 0.29) is 18.6 Å². The second kappa shape index (κ2) is 10.4. The van der Waals surface area contributed by atoms with E-state index in [0.29, 0.717) is 36.2 Å². The van der Waals surface area contributed by atoms with Crippen LogP contribution < -0.4 is 10.4 Å². The first-order valence-electron chi connectivity index (χ1n) is 15.0. The van der Waals surface area contributed by atoms with Crippen molar-refractivity contribution in [2.75, 3.05) is 6.61 Å². The fourth-order valence-electron chi connectivity index (χ4n) is 7.54. The van der Waals surface area contributed by atoms with Crippen LogP contribution in [0.1, 0.15) is 63.3 Å². The molecule has 11 nitrogen and oxygen atoms in total. The molecule has 1 spiro atoms. The number of aromatic nitrogens is 3. The molecule has 0 amide bonds. The maximum absolute atomic E-state index is 12.1. The first-order valence-corrected chi connectivity index (χ1v) is 15.0. The van der Waals surface area contributed by atoms with Gasteiger partial charge in [-0.15, -0.1) is 5.10 Å². The second-order valence-electron chi connectivity index (χ2n) is 12.7. The van der Waals surface area contributed by atoms with E-state index in [1.807, 2.05) is 39.1 Å². The summed E-state index contributed by atoms with van der Waals surface area (Å²) in [5.41, 5.74) is 2.20. The molecule has 0 N–H and O–H groups in total. The summed E-state index contributed by atoms with van der Waals surface area (Å²) in [5, 5.41) is 9.22. The summed E-state index contributed by atoms with van der Waals surface area (Å²) in [5.74, 6) is 0.804. The minimum absolute atomic E-state index is 0.102. The molecule has 11 heteroatoms. The Bertz CT molecular complexity index is 1540. The van der Waals surface area contributed by atoms with Gasteiger partial charge in [-0.2, -0.15) is 0 Å². The molecular formula is C31H39N3O8. The van der Waals surface area contributed by atoms with E-state index >= 15 is 0 Å². The van der Waals surface area contributed by atoms with E-state index in [2.05, 4.69) is 24.2 Å². The Morgan fingerprint density at radius 2 is 1.98 bits per heavy atom. The van der Waals surface area contributed by atoms with Crippen LogP contribution in [0.3, 0.4) is 0 Å². The Balaban J connectivity index is 0.989. The van der Waals surface area contributed by atoms with Crippen molar-refractivity contribution in [3.8, 4) is 5.75 Å². The summed E-state index contributed by atoms with van der Waals surface area (Å²) in [6.45, 7) is 10.8. The number of hydrogen-bond donors (Lipinski definition) is 0. The minimum atomic E-state index is -0.808. The van der Waals surface area contributed by atoms with Crippen LogP contribution in [-0.2, 0) is 37.1 Å². The van der Waals surface area contributed by atoms with E-state index in [4.69, 9.17) is 33.1 Å². The van der Waals surface area contributed by atoms with E-state index in [1.54, 1.807) is 4.68 Å². The first kappa shape index (κ1) is 28.0. The van der Waals surface area contributed by atoms with Crippen molar-refractivity contribution in [1.82, 2.24) is 15.0 Å². The van der Waals surface area contributed by atoms with Gasteiger partial charge in [-0.25, -0.2) is 19.3 Å². The molecule has 3 aromatic rings. The monoisotopic (exact) mass is 581 g/mol. The highest BCUT2D eigenvalue weighted by Crippen LogP contribution is 2.60. The molecule has 6 heterocycles. The van der Waals surface area contributed by atoms with Crippen molar-refractivity contribution in [2.24, 2.45) is 23.7 Å². The highest BCUT2D eigenvalue weighted by molar-refractivity contribution is 5.86. The summed E-state index contributed by atoms with van der Waals surface area (Å²) in [7, 11) is 0. The van der Waals surface area contributed by atoms with Crippen LogP contribution in [-0.4, -0.2) is 45.6 Å². The van der Waals surface area contributed by atoms with E-state index < -0.39 is 29.6 Å². The smallest absolute Gasteiger partial charge is 0.339 e. The van der Waals surface area contributed by atoms with Gasteiger partial charge in [0, 0.05) is 24.7 Å². The zero-order valence-electron chi connectivity index (χ0n) is 24.8. The van der Waals surface area contributed by atoms with Crippen LogP contribution in [0.15, 0.2) is 33.6 Å². The van der Waals surface area contributed by atoms with Gasteiger partial charge in [0.25, 0.3) is 0 Å². The van der Waals surface area contributed by atoms with Crippen LogP contribution in [0.4, 0.5) is 0 Å². The van der Waals surface area contributed by atoms with Crippen molar-refractivity contribution in [3.63, 3.8) is 0 Å². The molecule has 0 radical (unpaired) electrons. The third-order valence-electron chi connectivity index (χ3n) is 10.1. The molecule has 4 saturated heterocycles. The summed E-state index contributed by atoms with van der Waals surface area (Å²) in [6.07, 6.45) is 5.38. The maximum Gasteiger partial charge on any atom is 0.339 e. The minimum Gasteiger partial charge on any atom is -0.470 e. The average Bonchev–Trinajstić information content (AvgIpc) is 3.30. The predicted octanol–water partition coefficient (Wildman–Crippen LogP) is 4.80. The van der Waals surface area contributed by atoms with E-state index in [0.717, 1.165) is 47.9 Å². The molecule has 0 unspecified atom stereocenters.